The van der Waals surface area contributed by atoms with Crippen LogP contribution in [0, 0.1) is 0 Å². The molecule has 0 bridgehead atoms. The highest BCUT2D eigenvalue weighted by molar-refractivity contribution is 7.93. The lowest BCUT2D eigenvalue weighted by Crippen LogP contribution is -2.14. The molecule has 0 amide bonds. The van der Waals surface area contributed by atoms with Gasteiger partial charge in [0.05, 0.1) is 9.77 Å². The summed E-state index contributed by atoms with van der Waals surface area (Å²) in [5.41, 5.74) is 0.587. The zero-order valence-electron chi connectivity index (χ0n) is 14.5. The molecule has 11 heteroatoms. The normalized spacial score (nSPS) is 12.4. The Bertz CT molecular complexity index is 1150. The highest BCUT2D eigenvalue weighted by atomic mass is 32.2. The molecule has 3 rings (SSSR count). The molecule has 8 nitrogen and oxygen atoms in total. The number of anilines is 1. The largest absolute Gasteiger partial charge is 0.280 e. The van der Waals surface area contributed by atoms with E-state index in [1.807, 2.05) is 25.3 Å². The van der Waals surface area contributed by atoms with Crippen LogP contribution in [0.4, 0.5) is 5.69 Å². The molecule has 0 spiro atoms. The highest BCUT2D eigenvalue weighted by Crippen LogP contribution is 2.31. The predicted octanol–water partition coefficient (Wildman–Crippen LogP) is 2.64. The Labute approximate surface area is 161 Å². The van der Waals surface area contributed by atoms with Gasteiger partial charge in [-0.15, -0.1) is 11.3 Å². The van der Waals surface area contributed by atoms with E-state index in [0.717, 1.165) is 4.88 Å². The van der Waals surface area contributed by atoms with Crippen LogP contribution in [0.2, 0.25) is 0 Å². The molecular weight excluding hydrogens is 408 g/mol. The fraction of sp³-hybridized carbons (Fsp3) is 0.188. The maximum absolute atomic E-state index is 12.9. The first-order valence-electron chi connectivity index (χ1n) is 7.86. The van der Waals surface area contributed by atoms with E-state index >= 15 is 0 Å². The third-order valence-corrected chi connectivity index (χ3v) is 6.89. The number of thiophene rings is 1. The molecule has 1 aromatic carbocycles. The summed E-state index contributed by atoms with van der Waals surface area (Å²) >= 11 is 1.39. The first kappa shape index (κ1) is 19.5. The van der Waals surface area contributed by atoms with Gasteiger partial charge in [-0.25, -0.2) is 22.0 Å². The molecule has 0 unspecified atom stereocenters. The molecule has 0 fully saturated rings. The number of hydrogen-bond donors (Lipinski definition) is 2. The molecule has 144 valence electrons. The second-order valence-corrected chi connectivity index (χ2v) is 10.2. The minimum atomic E-state index is -3.94. The monoisotopic (exact) mass is 426 g/mol. The molecule has 0 aliphatic carbocycles. The van der Waals surface area contributed by atoms with Crippen LogP contribution in [0.1, 0.15) is 19.9 Å². The van der Waals surface area contributed by atoms with Gasteiger partial charge in [0, 0.05) is 17.9 Å². The summed E-state index contributed by atoms with van der Waals surface area (Å²) in [7, 11) is -7.79. The zero-order valence-corrected chi connectivity index (χ0v) is 17.0. The fourth-order valence-electron chi connectivity index (χ4n) is 2.34. The van der Waals surface area contributed by atoms with Crippen molar-refractivity contribution in [1.82, 2.24) is 9.78 Å². The van der Waals surface area contributed by atoms with Crippen LogP contribution < -0.4 is 9.86 Å². The Morgan fingerprint density at radius 2 is 1.78 bits per heavy atom. The molecule has 3 aromatic rings. The summed E-state index contributed by atoms with van der Waals surface area (Å²) in [5, 5.41) is 11.3. The van der Waals surface area contributed by atoms with Crippen molar-refractivity contribution in [3.05, 3.63) is 48.0 Å². The van der Waals surface area contributed by atoms with Crippen LogP contribution in [0.3, 0.4) is 0 Å². The first-order valence-corrected chi connectivity index (χ1v) is 11.8. The number of nitrogens with one attached hydrogen (secondary N) is 1. The van der Waals surface area contributed by atoms with E-state index < -0.39 is 20.0 Å². The van der Waals surface area contributed by atoms with Crippen molar-refractivity contribution in [2.45, 2.75) is 29.7 Å². The van der Waals surface area contributed by atoms with Crippen molar-refractivity contribution in [1.29, 1.82) is 0 Å². The Kier molecular flexibility index (Phi) is 5.12. The van der Waals surface area contributed by atoms with Crippen LogP contribution in [0.15, 0.2) is 57.8 Å². The number of benzene rings is 1. The van der Waals surface area contributed by atoms with Gasteiger partial charge >= 0.3 is 0 Å². The second kappa shape index (κ2) is 7.08. The predicted molar refractivity (Wildman–Crippen MR) is 105 cm³/mol. The third-order valence-electron chi connectivity index (χ3n) is 3.71. The molecule has 27 heavy (non-hydrogen) atoms. The second-order valence-electron chi connectivity index (χ2n) is 6.07. The molecule has 0 atom stereocenters. The van der Waals surface area contributed by atoms with E-state index in [9.17, 15) is 16.8 Å². The van der Waals surface area contributed by atoms with E-state index in [2.05, 4.69) is 9.82 Å². The van der Waals surface area contributed by atoms with Crippen LogP contribution in [0.25, 0.3) is 10.6 Å². The molecular formula is C16H18N4O4S3. The number of hydrogen-bond acceptors (Lipinski definition) is 6. The molecule has 3 N–H and O–H groups in total. The fourth-order valence-corrected chi connectivity index (χ4v) is 4.85. The van der Waals surface area contributed by atoms with Crippen molar-refractivity contribution < 1.29 is 16.8 Å². The Morgan fingerprint density at radius 1 is 1.11 bits per heavy atom. The number of rotatable bonds is 6. The highest BCUT2D eigenvalue weighted by Gasteiger charge is 2.25. The zero-order chi connectivity index (χ0) is 19.8. The van der Waals surface area contributed by atoms with Crippen LogP contribution in [-0.4, -0.2) is 26.6 Å². The topological polar surface area (TPSA) is 124 Å². The molecule has 2 heterocycles. The standard InChI is InChI=1S/C16H18N4O4S3/c1-11(2)20-10-15(16(18-20)14-4-3-9-25-14)27(23,24)19-12-5-7-13(8-6-12)26(17,21)22/h3-11,19H,1-2H3,(H2,17,21,22). The smallest absolute Gasteiger partial charge is 0.265 e. The Hall–Kier alpha value is -2.21. The number of aromatic nitrogens is 2. The van der Waals surface area contributed by atoms with E-state index in [1.54, 1.807) is 10.7 Å². The summed E-state index contributed by atoms with van der Waals surface area (Å²) in [4.78, 5) is 0.686. The molecule has 0 saturated heterocycles. The quantitative estimate of drug-likeness (QED) is 0.627. The number of primary sulfonamides is 1. The molecule has 0 aliphatic rings. The van der Waals surface area contributed by atoms with Crippen molar-refractivity contribution in [2.75, 3.05) is 4.72 Å². The first-order chi connectivity index (χ1) is 12.6. The summed E-state index contributed by atoms with van der Waals surface area (Å²) in [6.45, 7) is 3.81. The summed E-state index contributed by atoms with van der Waals surface area (Å²) < 4.78 is 52.6. The average Bonchev–Trinajstić information content (AvgIpc) is 3.23. The van der Waals surface area contributed by atoms with Crippen molar-refractivity contribution >= 4 is 37.1 Å². The molecule has 0 saturated carbocycles. The lowest BCUT2D eigenvalue weighted by Gasteiger charge is -2.08. The van der Waals surface area contributed by atoms with E-state index in [4.69, 9.17) is 5.14 Å². The lowest BCUT2D eigenvalue weighted by molar-refractivity contribution is 0.532. The van der Waals surface area contributed by atoms with Gasteiger partial charge in [-0.3, -0.25) is 9.40 Å². The number of nitrogens with two attached hydrogens (primary N) is 1. The van der Waals surface area contributed by atoms with Gasteiger partial charge in [0.2, 0.25) is 10.0 Å². The number of sulfonamides is 2. The molecule has 2 aromatic heterocycles. The van der Waals surface area contributed by atoms with Gasteiger partial charge in [0.1, 0.15) is 10.6 Å². The van der Waals surface area contributed by atoms with Gasteiger partial charge in [-0.2, -0.15) is 5.10 Å². The Balaban J connectivity index is 2.00. The third kappa shape index (κ3) is 4.21. The summed E-state index contributed by atoms with van der Waals surface area (Å²) in [6, 6.07) is 8.78. The van der Waals surface area contributed by atoms with Crippen molar-refractivity contribution in [3.63, 3.8) is 0 Å². The van der Waals surface area contributed by atoms with Crippen molar-refractivity contribution in [3.8, 4) is 10.6 Å². The average molecular weight is 427 g/mol. The Morgan fingerprint density at radius 3 is 2.30 bits per heavy atom. The van der Waals surface area contributed by atoms with E-state index in [-0.39, 0.29) is 21.5 Å². The van der Waals surface area contributed by atoms with E-state index in [0.29, 0.717) is 5.69 Å². The summed E-state index contributed by atoms with van der Waals surface area (Å²) in [6.07, 6.45) is 1.49. The SMILES string of the molecule is CC(C)n1cc(S(=O)(=O)Nc2ccc(S(N)(=O)=O)cc2)c(-c2cccs2)n1. The van der Waals surface area contributed by atoms with Gasteiger partial charge in [-0.1, -0.05) is 6.07 Å². The van der Waals surface area contributed by atoms with Crippen LogP contribution in [-0.2, 0) is 20.0 Å². The van der Waals surface area contributed by atoms with Crippen LogP contribution >= 0.6 is 11.3 Å². The minimum Gasteiger partial charge on any atom is -0.280 e. The summed E-state index contributed by atoms with van der Waals surface area (Å²) in [5.74, 6) is 0. The number of nitrogens with zero attached hydrogens (tertiary/aromatic N) is 2. The van der Waals surface area contributed by atoms with Crippen molar-refractivity contribution in [2.24, 2.45) is 5.14 Å². The molecule has 0 aliphatic heterocycles. The maximum Gasteiger partial charge on any atom is 0.265 e. The minimum absolute atomic E-state index is 0.0123. The maximum atomic E-state index is 12.9. The lowest BCUT2D eigenvalue weighted by atomic mass is 10.3. The van der Waals surface area contributed by atoms with Crippen LogP contribution in [0.5, 0.6) is 0 Å². The van der Waals surface area contributed by atoms with Gasteiger partial charge in [0.15, 0.2) is 0 Å². The van der Waals surface area contributed by atoms with Gasteiger partial charge in [-0.05, 0) is 49.6 Å². The van der Waals surface area contributed by atoms with E-state index in [1.165, 1.54) is 41.8 Å². The van der Waals surface area contributed by atoms with Gasteiger partial charge in [0.25, 0.3) is 10.0 Å². The van der Waals surface area contributed by atoms with Gasteiger partial charge < -0.3 is 0 Å². The molecule has 0 radical (unpaired) electrons.